The van der Waals surface area contributed by atoms with Crippen molar-refractivity contribution in [3.63, 3.8) is 0 Å². The van der Waals surface area contributed by atoms with Crippen LogP contribution in [0, 0.1) is 10.1 Å². The van der Waals surface area contributed by atoms with Gasteiger partial charge in [0.2, 0.25) is 5.76 Å². The summed E-state index contributed by atoms with van der Waals surface area (Å²) < 4.78 is 15.5. The third-order valence-corrected chi connectivity index (χ3v) is 3.32. The molecule has 1 aromatic carbocycles. The molecule has 0 saturated heterocycles. The Balaban J connectivity index is 1.86. The number of esters is 1. The van der Waals surface area contributed by atoms with E-state index in [4.69, 9.17) is 9.15 Å². The van der Waals surface area contributed by atoms with Gasteiger partial charge in [-0.25, -0.2) is 4.79 Å². The molecule has 0 amide bonds. The first kappa shape index (κ1) is 15.5. The molecule has 8 heteroatoms. The lowest BCUT2D eigenvalue weighted by molar-refractivity contribution is -0.383. The van der Waals surface area contributed by atoms with Crippen molar-refractivity contribution in [1.82, 2.24) is 4.98 Å². The Morgan fingerprint density at radius 2 is 2.12 bits per heavy atom. The van der Waals surface area contributed by atoms with E-state index >= 15 is 0 Å². The van der Waals surface area contributed by atoms with Crippen LogP contribution in [0.1, 0.15) is 16.3 Å². The molecule has 0 fully saturated rings. The largest absolute Gasteiger partial charge is 0.483 e. The summed E-state index contributed by atoms with van der Waals surface area (Å²) in [6, 6.07) is 9.15. The summed E-state index contributed by atoms with van der Waals surface area (Å²) >= 11 is 0. The summed E-state index contributed by atoms with van der Waals surface area (Å²) in [5, 5.41) is 11.5. The van der Waals surface area contributed by atoms with Gasteiger partial charge < -0.3 is 13.9 Å². The maximum Gasteiger partial charge on any atom is 0.373 e. The van der Waals surface area contributed by atoms with Crippen molar-refractivity contribution < 1.29 is 23.6 Å². The maximum absolute atomic E-state index is 11.3. The van der Waals surface area contributed by atoms with E-state index in [1.165, 1.54) is 31.5 Å². The third kappa shape index (κ3) is 2.89. The van der Waals surface area contributed by atoms with Crippen molar-refractivity contribution in [1.29, 1.82) is 0 Å². The number of hydrogen-bond acceptors (Lipinski definition) is 7. The molecule has 0 aliphatic carbocycles. The van der Waals surface area contributed by atoms with Gasteiger partial charge in [0.1, 0.15) is 23.6 Å². The Hall–Kier alpha value is -3.42. The highest BCUT2D eigenvalue weighted by atomic mass is 16.6. The van der Waals surface area contributed by atoms with Gasteiger partial charge in [-0.05, 0) is 30.3 Å². The van der Waals surface area contributed by atoms with Crippen molar-refractivity contribution in [2.24, 2.45) is 0 Å². The predicted molar refractivity (Wildman–Crippen MR) is 82.8 cm³/mol. The molecule has 8 nitrogen and oxygen atoms in total. The van der Waals surface area contributed by atoms with Crippen molar-refractivity contribution in [3.8, 4) is 5.75 Å². The second-order valence-corrected chi connectivity index (χ2v) is 4.79. The molecule has 0 bridgehead atoms. The van der Waals surface area contributed by atoms with Crippen LogP contribution in [0.5, 0.6) is 5.75 Å². The van der Waals surface area contributed by atoms with Crippen LogP contribution in [-0.2, 0) is 11.3 Å². The molecule has 0 N–H and O–H groups in total. The van der Waals surface area contributed by atoms with E-state index in [0.29, 0.717) is 22.4 Å². The smallest absolute Gasteiger partial charge is 0.373 e. The quantitative estimate of drug-likeness (QED) is 0.402. The number of aromatic nitrogens is 1. The topological polar surface area (TPSA) is 105 Å². The Kier molecular flexibility index (Phi) is 4.11. The van der Waals surface area contributed by atoms with E-state index < -0.39 is 10.9 Å². The minimum atomic E-state index is -0.580. The normalized spacial score (nSPS) is 10.5. The van der Waals surface area contributed by atoms with E-state index in [0.717, 1.165) is 0 Å². The molecule has 0 atom stereocenters. The van der Waals surface area contributed by atoms with E-state index in [-0.39, 0.29) is 18.1 Å². The number of benzene rings is 1. The minimum absolute atomic E-state index is 0.0421. The molecular formula is C16H12N2O6. The van der Waals surface area contributed by atoms with Crippen LogP contribution >= 0.6 is 0 Å². The fraction of sp³-hybridized carbons (Fsp3) is 0.125. The Morgan fingerprint density at radius 3 is 2.88 bits per heavy atom. The first-order valence-electron chi connectivity index (χ1n) is 6.92. The summed E-state index contributed by atoms with van der Waals surface area (Å²) in [5.41, 5.74) is 0.336. The summed E-state index contributed by atoms with van der Waals surface area (Å²) in [6.07, 6.45) is 1.53. The number of nitrogens with zero attached hydrogens (tertiary/aromatic N) is 2. The molecule has 0 aliphatic rings. The fourth-order valence-electron chi connectivity index (χ4n) is 2.22. The Labute approximate surface area is 135 Å². The number of carbonyl (C=O) groups excluding carboxylic acids is 1. The minimum Gasteiger partial charge on any atom is -0.483 e. The highest BCUT2D eigenvalue weighted by Crippen LogP contribution is 2.31. The number of carbonyl (C=O) groups is 1. The van der Waals surface area contributed by atoms with Crippen LogP contribution < -0.4 is 4.74 Å². The predicted octanol–water partition coefficient (Wildman–Crippen LogP) is 3.10. The third-order valence-electron chi connectivity index (χ3n) is 3.32. The van der Waals surface area contributed by atoms with E-state index in [9.17, 15) is 14.9 Å². The van der Waals surface area contributed by atoms with Crippen LogP contribution in [0.2, 0.25) is 0 Å². The second kappa shape index (κ2) is 6.37. The molecule has 0 saturated carbocycles. The number of ether oxygens (including phenoxy) is 2. The number of methoxy groups -OCH3 is 1. The van der Waals surface area contributed by atoms with Gasteiger partial charge >= 0.3 is 5.97 Å². The molecule has 0 spiro atoms. The van der Waals surface area contributed by atoms with Gasteiger partial charge in [0.25, 0.3) is 5.69 Å². The molecule has 2 heterocycles. The van der Waals surface area contributed by atoms with Gasteiger partial charge in [-0.3, -0.25) is 15.1 Å². The molecule has 0 unspecified atom stereocenters. The molecule has 122 valence electrons. The molecular weight excluding hydrogens is 316 g/mol. The van der Waals surface area contributed by atoms with E-state index in [2.05, 4.69) is 9.72 Å². The first-order valence-corrected chi connectivity index (χ1v) is 6.92. The summed E-state index contributed by atoms with van der Waals surface area (Å²) in [6.45, 7) is 0.0421. The van der Waals surface area contributed by atoms with Gasteiger partial charge in [0, 0.05) is 12.3 Å². The van der Waals surface area contributed by atoms with Crippen LogP contribution in [0.25, 0.3) is 10.9 Å². The summed E-state index contributed by atoms with van der Waals surface area (Å²) in [7, 11) is 1.26. The number of rotatable bonds is 5. The van der Waals surface area contributed by atoms with Gasteiger partial charge in [-0.1, -0.05) is 0 Å². The molecule has 3 rings (SSSR count). The van der Waals surface area contributed by atoms with Gasteiger partial charge in [-0.2, -0.15) is 0 Å². The molecule has 3 aromatic rings. The van der Waals surface area contributed by atoms with Crippen molar-refractivity contribution in [2.75, 3.05) is 7.11 Å². The number of hydrogen-bond donors (Lipinski definition) is 0. The molecule has 0 radical (unpaired) electrons. The number of furan rings is 1. The lowest BCUT2D eigenvalue weighted by atomic mass is 10.1. The van der Waals surface area contributed by atoms with Crippen LogP contribution in [0.4, 0.5) is 5.69 Å². The standard InChI is InChI=1S/C16H12N2O6/c1-22-16(19)14-6-4-10(24-14)9-23-13-7-5-12(18(20)21)11-3-2-8-17-15(11)13/h2-8H,9H2,1H3. The summed E-state index contributed by atoms with van der Waals surface area (Å²) in [5.74, 6) is 0.288. The van der Waals surface area contributed by atoms with Gasteiger partial charge in [-0.15, -0.1) is 0 Å². The summed E-state index contributed by atoms with van der Waals surface area (Å²) in [4.78, 5) is 26.1. The van der Waals surface area contributed by atoms with Crippen molar-refractivity contribution in [2.45, 2.75) is 6.61 Å². The molecule has 24 heavy (non-hydrogen) atoms. The average Bonchev–Trinajstić information content (AvgIpc) is 3.07. The SMILES string of the molecule is COC(=O)c1ccc(COc2ccc([N+](=O)[O-])c3cccnc23)o1. The number of nitro benzene ring substituents is 1. The second-order valence-electron chi connectivity index (χ2n) is 4.79. The first-order chi connectivity index (χ1) is 11.6. The zero-order valence-corrected chi connectivity index (χ0v) is 12.6. The lowest BCUT2D eigenvalue weighted by Gasteiger charge is -2.07. The maximum atomic E-state index is 11.3. The van der Waals surface area contributed by atoms with Crippen LogP contribution in [0.15, 0.2) is 47.0 Å². The molecule has 2 aromatic heterocycles. The number of pyridine rings is 1. The zero-order valence-electron chi connectivity index (χ0n) is 12.6. The fourth-order valence-corrected chi connectivity index (χ4v) is 2.22. The lowest BCUT2D eigenvalue weighted by Crippen LogP contribution is -1.99. The highest BCUT2D eigenvalue weighted by molar-refractivity contribution is 5.92. The van der Waals surface area contributed by atoms with Crippen molar-refractivity contribution in [3.05, 3.63) is 64.2 Å². The number of nitro groups is 1. The number of fused-ring (bicyclic) bond motifs is 1. The van der Waals surface area contributed by atoms with Crippen LogP contribution in [0.3, 0.4) is 0 Å². The Bertz CT molecular complexity index is 918. The zero-order chi connectivity index (χ0) is 17.1. The van der Waals surface area contributed by atoms with Gasteiger partial charge in [0.15, 0.2) is 0 Å². The van der Waals surface area contributed by atoms with E-state index in [1.807, 2.05) is 0 Å². The highest BCUT2D eigenvalue weighted by Gasteiger charge is 2.16. The van der Waals surface area contributed by atoms with Gasteiger partial charge in [0.05, 0.1) is 17.4 Å². The Morgan fingerprint density at radius 1 is 1.29 bits per heavy atom. The van der Waals surface area contributed by atoms with Crippen LogP contribution in [-0.4, -0.2) is 23.0 Å². The van der Waals surface area contributed by atoms with E-state index in [1.54, 1.807) is 18.2 Å². The van der Waals surface area contributed by atoms with Crippen molar-refractivity contribution >= 4 is 22.6 Å². The molecule has 0 aliphatic heterocycles. The average molecular weight is 328 g/mol. The number of non-ortho nitro benzene ring substituents is 1. The monoisotopic (exact) mass is 328 g/mol.